The lowest BCUT2D eigenvalue weighted by atomic mass is 10.2. The number of carbonyl (C=O) groups is 1. The molecule has 20 heavy (non-hydrogen) atoms. The molecule has 0 aromatic heterocycles. The molecule has 0 aliphatic carbocycles. The summed E-state index contributed by atoms with van der Waals surface area (Å²) < 4.78 is 25.9. The zero-order valence-electron chi connectivity index (χ0n) is 10.2. The molecule has 2 aromatic rings. The third-order valence-corrected chi connectivity index (χ3v) is 4.32. The van der Waals surface area contributed by atoms with Gasteiger partial charge >= 0.3 is 5.97 Å². The lowest BCUT2D eigenvalue weighted by molar-refractivity contribution is 0.0693. The van der Waals surface area contributed by atoms with Crippen LogP contribution in [0.1, 0.15) is 15.9 Å². The number of aromatic carboxylic acids is 1. The van der Waals surface area contributed by atoms with E-state index in [-0.39, 0.29) is 26.8 Å². The smallest absolute Gasteiger partial charge is 0.336 e. The van der Waals surface area contributed by atoms with Gasteiger partial charge in [0.1, 0.15) is 5.82 Å². The van der Waals surface area contributed by atoms with Gasteiger partial charge in [-0.25, -0.2) is 9.18 Å². The van der Waals surface area contributed by atoms with Gasteiger partial charge in [-0.3, -0.25) is 4.21 Å². The fourth-order valence-electron chi connectivity index (χ4n) is 1.70. The summed E-state index contributed by atoms with van der Waals surface area (Å²) in [7, 11) is -1.65. The minimum absolute atomic E-state index is 0.0415. The van der Waals surface area contributed by atoms with Gasteiger partial charge in [0.05, 0.1) is 27.0 Å². The summed E-state index contributed by atoms with van der Waals surface area (Å²) in [5, 5.41) is 9.30. The highest BCUT2D eigenvalue weighted by Gasteiger charge is 2.16. The van der Waals surface area contributed by atoms with Crippen molar-refractivity contribution in [3.8, 4) is 0 Å². The molecule has 1 N–H and O–H groups in total. The van der Waals surface area contributed by atoms with Crippen molar-refractivity contribution in [2.45, 2.75) is 10.6 Å². The molecule has 0 saturated carbocycles. The molecule has 1 atom stereocenters. The molecular weight excluding hydrogens is 303 g/mol. The Morgan fingerprint density at radius 3 is 2.60 bits per heavy atom. The fourth-order valence-corrected chi connectivity index (χ4v) is 3.16. The maximum Gasteiger partial charge on any atom is 0.336 e. The first-order chi connectivity index (χ1) is 9.49. The lowest BCUT2D eigenvalue weighted by Gasteiger charge is -2.07. The first kappa shape index (κ1) is 14.7. The lowest BCUT2D eigenvalue weighted by Crippen LogP contribution is -2.06. The van der Waals surface area contributed by atoms with E-state index in [2.05, 4.69) is 0 Å². The summed E-state index contributed by atoms with van der Waals surface area (Å²) >= 11 is 5.64. The van der Waals surface area contributed by atoms with Crippen molar-refractivity contribution in [2.24, 2.45) is 0 Å². The van der Waals surface area contributed by atoms with Crippen molar-refractivity contribution in [3.63, 3.8) is 0 Å². The third kappa shape index (κ3) is 3.23. The number of hydrogen-bond donors (Lipinski definition) is 1. The Labute approximate surface area is 122 Å². The number of carboxylic acids is 1. The summed E-state index contributed by atoms with van der Waals surface area (Å²) in [5.74, 6) is -1.82. The van der Waals surface area contributed by atoms with Crippen molar-refractivity contribution in [2.75, 3.05) is 0 Å². The molecule has 6 heteroatoms. The van der Waals surface area contributed by atoms with E-state index in [0.29, 0.717) is 0 Å². The minimum atomic E-state index is -1.65. The zero-order chi connectivity index (χ0) is 14.7. The maximum atomic E-state index is 13.7. The van der Waals surface area contributed by atoms with E-state index < -0.39 is 22.6 Å². The van der Waals surface area contributed by atoms with E-state index in [4.69, 9.17) is 16.7 Å². The monoisotopic (exact) mass is 312 g/mol. The van der Waals surface area contributed by atoms with Gasteiger partial charge in [0.25, 0.3) is 0 Å². The second-order valence-electron chi connectivity index (χ2n) is 4.03. The highest BCUT2D eigenvalue weighted by molar-refractivity contribution is 7.84. The molecule has 0 radical (unpaired) electrons. The maximum absolute atomic E-state index is 13.7. The van der Waals surface area contributed by atoms with Gasteiger partial charge in [-0.15, -0.1) is 0 Å². The molecule has 104 valence electrons. The molecule has 0 aliphatic rings. The van der Waals surface area contributed by atoms with Crippen LogP contribution in [0.3, 0.4) is 0 Å². The average Bonchev–Trinajstić information content (AvgIpc) is 2.41. The topological polar surface area (TPSA) is 54.4 Å². The molecule has 3 nitrogen and oxygen atoms in total. The Balaban J connectivity index is 2.31. The Morgan fingerprint density at radius 2 is 1.95 bits per heavy atom. The molecule has 0 amide bonds. The zero-order valence-corrected chi connectivity index (χ0v) is 11.7. The van der Waals surface area contributed by atoms with E-state index >= 15 is 0 Å². The molecule has 0 aliphatic heterocycles. The van der Waals surface area contributed by atoms with Gasteiger partial charge in [0.15, 0.2) is 0 Å². The van der Waals surface area contributed by atoms with E-state index in [0.717, 1.165) is 6.07 Å². The molecule has 0 fully saturated rings. The van der Waals surface area contributed by atoms with Crippen molar-refractivity contribution >= 4 is 28.4 Å². The van der Waals surface area contributed by atoms with Crippen LogP contribution >= 0.6 is 11.6 Å². The van der Waals surface area contributed by atoms with Gasteiger partial charge < -0.3 is 5.11 Å². The van der Waals surface area contributed by atoms with Crippen LogP contribution in [0.15, 0.2) is 47.4 Å². The van der Waals surface area contributed by atoms with Crippen LogP contribution in [0.4, 0.5) is 4.39 Å². The molecule has 0 heterocycles. The Morgan fingerprint density at radius 1 is 1.25 bits per heavy atom. The molecule has 2 rings (SSSR count). The van der Waals surface area contributed by atoms with Crippen LogP contribution in [0.2, 0.25) is 5.02 Å². The van der Waals surface area contributed by atoms with Crippen molar-refractivity contribution in [3.05, 3.63) is 64.4 Å². The summed E-state index contributed by atoms with van der Waals surface area (Å²) in [5.41, 5.74) is 0.188. The molecule has 0 bridgehead atoms. The van der Waals surface area contributed by atoms with Crippen LogP contribution < -0.4 is 0 Å². The third-order valence-electron chi connectivity index (χ3n) is 2.66. The Kier molecular flexibility index (Phi) is 4.52. The van der Waals surface area contributed by atoms with Crippen LogP contribution in [0.5, 0.6) is 0 Å². The second-order valence-corrected chi connectivity index (χ2v) is 5.88. The van der Waals surface area contributed by atoms with Crippen LogP contribution in [-0.4, -0.2) is 15.3 Å². The molecule has 2 aromatic carbocycles. The minimum Gasteiger partial charge on any atom is -0.478 e. The van der Waals surface area contributed by atoms with Crippen molar-refractivity contribution in [1.29, 1.82) is 0 Å². The van der Waals surface area contributed by atoms with E-state index in [1.807, 2.05) is 0 Å². The Hall–Kier alpha value is -1.72. The Bertz CT molecular complexity index is 688. The summed E-state index contributed by atoms with van der Waals surface area (Å²) in [6.07, 6.45) is 0. The quantitative estimate of drug-likeness (QED) is 0.940. The average molecular weight is 313 g/mol. The predicted octanol–water partition coefficient (Wildman–Crippen LogP) is 3.49. The fraction of sp³-hybridized carbons (Fsp3) is 0.0714. The summed E-state index contributed by atoms with van der Waals surface area (Å²) in [4.78, 5) is 11.2. The number of benzene rings is 2. The largest absolute Gasteiger partial charge is 0.478 e. The van der Waals surface area contributed by atoms with Gasteiger partial charge in [0, 0.05) is 10.6 Å². The van der Waals surface area contributed by atoms with Crippen LogP contribution in [0.25, 0.3) is 0 Å². The van der Waals surface area contributed by atoms with Gasteiger partial charge in [-0.1, -0.05) is 29.8 Å². The molecule has 0 spiro atoms. The van der Waals surface area contributed by atoms with Crippen molar-refractivity contribution < 1.29 is 18.5 Å². The van der Waals surface area contributed by atoms with Gasteiger partial charge in [0.2, 0.25) is 0 Å². The van der Waals surface area contributed by atoms with E-state index in [1.165, 1.54) is 24.3 Å². The standard InChI is InChI=1S/C14H10ClFO3S/c15-10-6-5-9(12(16)7-10)8-20(19)13-4-2-1-3-11(13)14(17)18/h1-7H,8H2,(H,17,18). The SMILES string of the molecule is O=C(O)c1ccccc1S(=O)Cc1ccc(Cl)cc1F. The van der Waals surface area contributed by atoms with Gasteiger partial charge in [-0.05, 0) is 24.3 Å². The highest BCUT2D eigenvalue weighted by Crippen LogP contribution is 2.20. The highest BCUT2D eigenvalue weighted by atomic mass is 35.5. The van der Waals surface area contributed by atoms with E-state index in [9.17, 15) is 13.4 Å². The van der Waals surface area contributed by atoms with Crippen LogP contribution in [0, 0.1) is 5.82 Å². The number of carboxylic acid groups (broad SMARTS) is 1. The first-order valence-electron chi connectivity index (χ1n) is 5.63. The normalized spacial score (nSPS) is 12.1. The molecule has 1 unspecified atom stereocenters. The molecule has 0 saturated heterocycles. The van der Waals surface area contributed by atoms with Gasteiger partial charge in [-0.2, -0.15) is 0 Å². The number of rotatable bonds is 4. The molecular formula is C14H10ClFO3S. The first-order valence-corrected chi connectivity index (χ1v) is 7.33. The summed E-state index contributed by atoms with van der Waals surface area (Å²) in [6.45, 7) is 0. The second kappa shape index (κ2) is 6.15. The van der Waals surface area contributed by atoms with Crippen molar-refractivity contribution in [1.82, 2.24) is 0 Å². The van der Waals surface area contributed by atoms with Crippen LogP contribution in [-0.2, 0) is 16.6 Å². The van der Waals surface area contributed by atoms with E-state index in [1.54, 1.807) is 12.1 Å². The number of hydrogen-bond acceptors (Lipinski definition) is 2. The summed E-state index contributed by atoms with van der Waals surface area (Å²) in [6, 6.07) is 10.1. The predicted molar refractivity (Wildman–Crippen MR) is 74.9 cm³/mol. The number of halogens is 2.